The second kappa shape index (κ2) is 7.60. The minimum atomic E-state index is -0.122. The Morgan fingerprint density at radius 1 is 1.40 bits per heavy atom. The van der Waals surface area contributed by atoms with E-state index in [0.717, 1.165) is 4.43 Å². The molecule has 0 aromatic heterocycles. The van der Waals surface area contributed by atoms with Crippen LogP contribution in [0.5, 0.6) is 0 Å². The third kappa shape index (κ3) is 6.61. The van der Waals surface area contributed by atoms with Crippen molar-refractivity contribution in [3.63, 3.8) is 0 Å². The van der Waals surface area contributed by atoms with Crippen LogP contribution in [0.1, 0.15) is 6.92 Å². The van der Waals surface area contributed by atoms with Crippen molar-refractivity contribution in [1.29, 1.82) is 0 Å². The Morgan fingerprint density at radius 2 is 2.10 bits per heavy atom. The van der Waals surface area contributed by atoms with Crippen molar-refractivity contribution in [2.75, 3.05) is 4.43 Å². The van der Waals surface area contributed by atoms with E-state index in [0.29, 0.717) is 0 Å². The first-order chi connectivity index (χ1) is 4.81. The maximum atomic E-state index is 7.50. The van der Waals surface area contributed by atoms with E-state index in [1.165, 1.54) is 0 Å². The summed E-state index contributed by atoms with van der Waals surface area (Å²) in [6.07, 6.45) is -0.122. The minimum Gasteiger partial charge on any atom is -0.219 e. The Hall–Kier alpha value is 0.490. The third-order valence-corrected chi connectivity index (χ3v) is 1.75. The van der Waals surface area contributed by atoms with Gasteiger partial charge >= 0.3 is 0 Å². The molecule has 1 N–H and O–H groups in total. The quantitative estimate of drug-likeness (QED) is 0.254. The van der Waals surface area contributed by atoms with Gasteiger partial charge in [0.05, 0.1) is 0 Å². The molecule has 7 heteroatoms. The molecule has 0 bridgehead atoms. The fourth-order valence-corrected chi connectivity index (χ4v) is 0.279. The Morgan fingerprint density at radius 3 is 2.60 bits per heavy atom. The molecule has 0 saturated heterocycles. The van der Waals surface area contributed by atoms with Crippen LogP contribution in [0.3, 0.4) is 0 Å². The standard InChI is InChI=1S/C3H7IO6/c1-3(2-4)6-8-10-9-7-5/h3,5H,2H2,1H3/t3-/m1/s1. The van der Waals surface area contributed by atoms with Crippen LogP contribution in [0.15, 0.2) is 0 Å². The molecule has 0 radical (unpaired) electrons. The van der Waals surface area contributed by atoms with Crippen molar-refractivity contribution in [3.05, 3.63) is 0 Å². The van der Waals surface area contributed by atoms with Crippen molar-refractivity contribution < 1.29 is 30.3 Å². The van der Waals surface area contributed by atoms with Crippen LogP contribution in [0.25, 0.3) is 0 Å². The van der Waals surface area contributed by atoms with Gasteiger partial charge in [-0.05, 0) is 27.1 Å². The zero-order valence-corrected chi connectivity index (χ0v) is 7.31. The van der Waals surface area contributed by atoms with Gasteiger partial charge in [-0.15, -0.1) is 0 Å². The van der Waals surface area contributed by atoms with Gasteiger partial charge in [-0.2, -0.15) is 4.89 Å². The molecule has 0 aliphatic heterocycles. The summed E-state index contributed by atoms with van der Waals surface area (Å²) in [5, 5.41) is 21.5. The van der Waals surface area contributed by atoms with Gasteiger partial charge < -0.3 is 0 Å². The molecule has 0 heterocycles. The lowest BCUT2D eigenvalue weighted by atomic mass is 10.5. The van der Waals surface area contributed by atoms with Crippen LogP contribution in [0.4, 0.5) is 0 Å². The first-order valence-corrected chi connectivity index (χ1v) is 3.86. The molecule has 1 atom stereocenters. The molecule has 0 rings (SSSR count). The van der Waals surface area contributed by atoms with E-state index in [4.69, 9.17) is 5.26 Å². The average molecular weight is 266 g/mol. The van der Waals surface area contributed by atoms with Gasteiger partial charge in [-0.25, -0.2) is 5.26 Å². The number of halogens is 1. The van der Waals surface area contributed by atoms with Crippen molar-refractivity contribution >= 4 is 22.6 Å². The fourth-order valence-electron chi connectivity index (χ4n) is 0.133. The van der Waals surface area contributed by atoms with Crippen LogP contribution >= 0.6 is 22.6 Å². The topological polar surface area (TPSA) is 66.4 Å². The summed E-state index contributed by atoms with van der Waals surface area (Å²) in [5.41, 5.74) is 0. The largest absolute Gasteiger partial charge is 0.219 e. The first-order valence-electron chi connectivity index (χ1n) is 2.34. The summed E-state index contributed by atoms with van der Waals surface area (Å²) in [5.74, 6) is 0. The van der Waals surface area contributed by atoms with Gasteiger partial charge in [0, 0.05) is 4.43 Å². The van der Waals surface area contributed by atoms with E-state index < -0.39 is 0 Å². The highest BCUT2D eigenvalue weighted by Gasteiger charge is 2.00. The predicted octanol–water partition coefficient (Wildman–Crippen LogP) is 1.03. The summed E-state index contributed by atoms with van der Waals surface area (Å²) in [7, 11) is 0. The van der Waals surface area contributed by atoms with E-state index in [1.54, 1.807) is 6.92 Å². The molecule has 0 amide bonds. The summed E-state index contributed by atoms with van der Waals surface area (Å²) in [6, 6.07) is 0. The molecule has 10 heavy (non-hydrogen) atoms. The highest BCUT2D eigenvalue weighted by molar-refractivity contribution is 14.1. The lowest BCUT2D eigenvalue weighted by Gasteiger charge is -2.03. The molecule has 0 spiro atoms. The Kier molecular flexibility index (Phi) is 7.97. The van der Waals surface area contributed by atoms with Gasteiger partial charge in [0.15, 0.2) is 0 Å². The average Bonchev–Trinajstić information content (AvgIpc) is 1.98. The van der Waals surface area contributed by atoms with Crippen LogP contribution in [-0.4, -0.2) is 15.8 Å². The van der Waals surface area contributed by atoms with Crippen LogP contribution < -0.4 is 0 Å². The van der Waals surface area contributed by atoms with E-state index in [9.17, 15) is 0 Å². The lowest BCUT2D eigenvalue weighted by Crippen LogP contribution is -2.10. The normalized spacial score (nSPS) is 13.5. The molecule has 0 aromatic carbocycles. The summed E-state index contributed by atoms with van der Waals surface area (Å²) in [6.45, 7) is 1.76. The number of rotatable bonds is 6. The summed E-state index contributed by atoms with van der Waals surface area (Å²) in [4.78, 5) is 4.45. The molecular formula is C3H7IO6. The van der Waals surface area contributed by atoms with Gasteiger partial charge in [-0.1, -0.05) is 22.6 Å². The van der Waals surface area contributed by atoms with Gasteiger partial charge in [0.2, 0.25) is 0 Å². The Labute approximate surface area is 70.7 Å². The molecule has 6 nitrogen and oxygen atoms in total. The highest BCUT2D eigenvalue weighted by Crippen LogP contribution is 1.97. The number of alkyl halides is 1. The lowest BCUT2D eigenvalue weighted by molar-refractivity contribution is -0.755. The molecule has 62 valence electrons. The zero-order chi connectivity index (χ0) is 7.82. The molecule has 0 aromatic rings. The fraction of sp³-hybridized carbons (Fsp3) is 1.00. The van der Waals surface area contributed by atoms with E-state index in [-0.39, 0.29) is 6.10 Å². The molecule has 0 saturated carbocycles. The molecule has 0 unspecified atom stereocenters. The summed E-state index contributed by atoms with van der Waals surface area (Å²) >= 11 is 2.09. The van der Waals surface area contributed by atoms with Crippen LogP contribution in [0, 0.1) is 0 Å². The van der Waals surface area contributed by atoms with Crippen LogP contribution in [0.2, 0.25) is 0 Å². The maximum Gasteiger partial charge on any atom is 0.102 e. The van der Waals surface area contributed by atoms with Crippen molar-refractivity contribution in [2.45, 2.75) is 13.0 Å². The monoisotopic (exact) mass is 266 g/mol. The summed E-state index contributed by atoms with van der Waals surface area (Å²) < 4.78 is 0.737. The SMILES string of the molecule is C[C@H](CI)OOOOOO. The molecule has 0 fully saturated rings. The highest BCUT2D eigenvalue weighted by atomic mass is 127. The predicted molar refractivity (Wildman–Crippen MR) is 36.4 cm³/mol. The number of hydrogen-bond donors (Lipinski definition) is 1. The maximum absolute atomic E-state index is 7.50. The van der Waals surface area contributed by atoms with Gasteiger partial charge in [0.1, 0.15) is 6.10 Å². The second-order valence-electron chi connectivity index (χ2n) is 1.34. The van der Waals surface area contributed by atoms with Crippen molar-refractivity contribution in [1.82, 2.24) is 0 Å². The van der Waals surface area contributed by atoms with Crippen LogP contribution in [-0.2, 0) is 25.0 Å². The van der Waals surface area contributed by atoms with Crippen molar-refractivity contribution in [2.24, 2.45) is 0 Å². The van der Waals surface area contributed by atoms with E-state index >= 15 is 0 Å². The van der Waals surface area contributed by atoms with Gasteiger partial charge in [0.25, 0.3) is 0 Å². The zero-order valence-electron chi connectivity index (χ0n) is 5.15. The Bertz CT molecular complexity index is 70.0. The second-order valence-corrected chi connectivity index (χ2v) is 2.22. The van der Waals surface area contributed by atoms with E-state index in [2.05, 4.69) is 47.6 Å². The smallest absolute Gasteiger partial charge is 0.102 e. The number of hydrogen-bond acceptors (Lipinski definition) is 6. The third-order valence-electron chi connectivity index (χ3n) is 0.507. The van der Waals surface area contributed by atoms with Gasteiger partial charge in [-0.3, -0.25) is 0 Å². The first kappa shape index (κ1) is 10.5. The Balaban J connectivity index is 2.89. The molecule has 0 aliphatic rings. The molecular weight excluding hydrogens is 259 g/mol. The van der Waals surface area contributed by atoms with E-state index in [1.807, 2.05) is 0 Å². The van der Waals surface area contributed by atoms with Crippen molar-refractivity contribution in [3.8, 4) is 0 Å². The minimum absolute atomic E-state index is 0.122. The molecule has 0 aliphatic carbocycles.